The fourth-order valence-corrected chi connectivity index (χ4v) is 30.2. The molecule has 1 atom stereocenters. The zero-order chi connectivity index (χ0) is 84.3. The fraction of sp³-hybridized carbons (Fsp3) is 0.425. The van der Waals surface area contributed by atoms with Crippen molar-refractivity contribution in [3.63, 3.8) is 0 Å². The van der Waals surface area contributed by atoms with Gasteiger partial charge in [-0.1, -0.05) is 332 Å². The molecule has 0 saturated heterocycles. The van der Waals surface area contributed by atoms with Gasteiger partial charge in [0.2, 0.25) is 6.29 Å². The number of rotatable bonds is 25. The van der Waals surface area contributed by atoms with Gasteiger partial charge < -0.3 is 9.47 Å². The van der Waals surface area contributed by atoms with Crippen molar-refractivity contribution in [3.05, 3.63) is 282 Å². The van der Waals surface area contributed by atoms with E-state index in [1.165, 1.54) is 292 Å². The number of carbonyl (C=O) groups excluding carboxylic acids is 1. The van der Waals surface area contributed by atoms with Crippen molar-refractivity contribution in [2.45, 2.75) is 290 Å². The Labute approximate surface area is 736 Å². The molecule has 6 saturated carbocycles. The molecule has 6 fully saturated rings. The van der Waals surface area contributed by atoms with Gasteiger partial charge in [0.05, 0.1) is 0 Å². The molecule has 0 radical (unpaired) electrons. The number of carbonyl (C=O) groups is 1. The summed E-state index contributed by atoms with van der Waals surface area (Å²) in [4.78, 5) is 12.8. The first-order chi connectivity index (χ1) is 59.9. The van der Waals surface area contributed by atoms with Gasteiger partial charge in [-0.15, -0.1) is 0 Å². The van der Waals surface area contributed by atoms with Crippen LogP contribution in [0.2, 0.25) is 0 Å². The second-order valence-corrected chi connectivity index (χ2v) is 41.1. The molecule has 9 aliphatic carbocycles. The van der Waals surface area contributed by atoms with E-state index in [1.54, 1.807) is 40.3 Å². The standard InChI is InChI=1S/C120H132O3/c1-11-16-17-18-19-20-21-28-110(123-111(121)81(6)7)122-97-53-45-86(46-54-97)85-37-43-88(44-38-85)91-47-55-98-99-59-51-95(79-105(99)118(104(98)75-91)112(9)63-22-65-113(118,10)66-23-64-112)96-52-60-101-100-56-49-93(76-106(100)119(107(101)80-96)114(14-4)67-24-69-115(119,15-5)70-25-68-114)89-39-33-83(34-40-89)84-35-41-90(42-36-84)94-50-58-103-102-57-48-92(87-31-29-82(8)30-32-87)77-108(102)120(109(103)78-94)116(61-12-2)71-26-73-117(120,62-13-3)74-27-72-116/h29-60,75-80,110H,6,11-28,61-74H2,1-5,7-10H3. The van der Waals surface area contributed by atoms with Crippen molar-refractivity contribution >= 4 is 5.97 Å². The van der Waals surface area contributed by atoms with Crippen LogP contribution in [0.25, 0.3) is 111 Å². The Kier molecular flexibility index (Phi) is 21.2. The molecule has 0 heterocycles. The summed E-state index contributed by atoms with van der Waals surface area (Å²) in [5.41, 5.74) is 39.0. The lowest BCUT2D eigenvalue weighted by atomic mass is 9.36. The second-order valence-electron chi connectivity index (χ2n) is 41.1. The van der Waals surface area contributed by atoms with Crippen LogP contribution in [0.4, 0.5) is 0 Å². The van der Waals surface area contributed by atoms with E-state index in [1.807, 2.05) is 12.1 Å². The van der Waals surface area contributed by atoms with Gasteiger partial charge in [0.1, 0.15) is 5.75 Å². The van der Waals surface area contributed by atoms with Gasteiger partial charge in [0.15, 0.2) is 0 Å². The number of ether oxygens (including phenoxy) is 2. The zero-order valence-corrected chi connectivity index (χ0v) is 75.6. The molecule has 9 aliphatic rings. The Morgan fingerprint density at radius 2 is 0.577 bits per heavy atom. The minimum Gasteiger partial charge on any atom is -0.455 e. The van der Waals surface area contributed by atoms with Crippen LogP contribution in [0, 0.1) is 39.4 Å². The summed E-state index contributed by atoms with van der Waals surface area (Å²) >= 11 is 0. The predicted octanol–water partition coefficient (Wildman–Crippen LogP) is 33.9. The Balaban J connectivity index is 0.604. The lowest BCUT2D eigenvalue weighted by Crippen LogP contribution is -2.62. The van der Waals surface area contributed by atoms with E-state index in [0.717, 1.165) is 24.0 Å². The lowest BCUT2D eigenvalue weighted by molar-refractivity contribution is -0.159. The molecular formula is C120H132O3. The van der Waals surface area contributed by atoms with Gasteiger partial charge in [0.25, 0.3) is 0 Å². The highest BCUT2D eigenvalue weighted by Crippen LogP contribution is 2.80. The van der Waals surface area contributed by atoms with Crippen LogP contribution in [0.15, 0.2) is 243 Å². The van der Waals surface area contributed by atoms with Crippen LogP contribution in [-0.2, 0) is 25.8 Å². The van der Waals surface area contributed by atoms with E-state index in [4.69, 9.17) is 9.47 Å². The molecule has 3 nitrogen and oxygen atoms in total. The topological polar surface area (TPSA) is 35.5 Å². The van der Waals surface area contributed by atoms with Crippen molar-refractivity contribution in [1.29, 1.82) is 0 Å². The van der Waals surface area contributed by atoms with E-state index in [-0.39, 0.29) is 48.7 Å². The molecule has 3 spiro atoms. The summed E-state index contributed by atoms with van der Waals surface area (Å²) in [6.45, 7) is 25.5. The first-order valence-electron chi connectivity index (χ1n) is 48.8. The van der Waals surface area contributed by atoms with Gasteiger partial charge in [-0.05, 0) is 349 Å². The highest BCUT2D eigenvalue weighted by Gasteiger charge is 2.72. The quantitative estimate of drug-likeness (QED) is 0.0248. The van der Waals surface area contributed by atoms with Gasteiger partial charge in [-0.25, -0.2) is 4.79 Å². The van der Waals surface area contributed by atoms with Crippen LogP contribution in [0.1, 0.15) is 300 Å². The molecule has 11 aromatic rings. The third-order valence-electron chi connectivity index (χ3n) is 35.2. The highest BCUT2D eigenvalue weighted by molar-refractivity contribution is 5.93. The molecule has 0 amide bonds. The average Bonchev–Trinajstić information content (AvgIpc) is 1.53. The average molecular weight is 1620 g/mol. The first kappa shape index (κ1) is 81.8. The molecular weight excluding hydrogens is 1490 g/mol. The number of esters is 1. The van der Waals surface area contributed by atoms with Crippen LogP contribution >= 0.6 is 0 Å². The molecule has 20 rings (SSSR count). The number of hydrogen-bond donors (Lipinski definition) is 0. The largest absolute Gasteiger partial charge is 0.455 e. The van der Waals surface area contributed by atoms with Gasteiger partial charge in [0, 0.05) is 28.2 Å². The van der Waals surface area contributed by atoms with E-state index < -0.39 is 12.3 Å². The third-order valence-corrected chi connectivity index (χ3v) is 35.2. The maximum Gasteiger partial charge on any atom is 0.336 e. The van der Waals surface area contributed by atoms with E-state index in [9.17, 15) is 4.79 Å². The SMILES string of the molecule is C=C(C)C(=O)OC(CCCCCCCCC)Oc1ccc(-c2ccc(-c3ccc4c(c3)C3(c5cc(-c6ccc7c(c6)C6(c8cc(-c9ccc(-c%10ccc(-c%11ccc%12c(c%11)C%11(c%13cc(-c%14ccc(C)cc%14)ccc%13-%12)C%12(CCC)CCCC%11(CCC)CCC%12)cc%10)cc9)ccc8-7)C7(CC)CCCC6(CC)CCC7)ccc5-4)C4(C)CCCC3(C)CCC4)cc2)cc1. The number of fused-ring (bicyclic) bond motifs is 9. The summed E-state index contributed by atoms with van der Waals surface area (Å²) in [5, 5.41) is 0. The van der Waals surface area contributed by atoms with Gasteiger partial charge in [-0.3, -0.25) is 0 Å². The van der Waals surface area contributed by atoms with Crippen LogP contribution < -0.4 is 4.74 Å². The zero-order valence-electron chi connectivity index (χ0n) is 75.6. The minimum atomic E-state index is -0.656. The molecule has 6 bridgehead atoms. The van der Waals surface area contributed by atoms with Crippen molar-refractivity contribution in [2.24, 2.45) is 32.5 Å². The molecule has 630 valence electrons. The summed E-state index contributed by atoms with van der Waals surface area (Å²) < 4.78 is 12.2. The monoisotopic (exact) mass is 1620 g/mol. The molecule has 0 aromatic heterocycles. The minimum absolute atomic E-state index is 0.0234. The highest BCUT2D eigenvalue weighted by atomic mass is 16.7. The van der Waals surface area contributed by atoms with Gasteiger partial charge >= 0.3 is 5.97 Å². The molecule has 1 unspecified atom stereocenters. The number of hydrogen-bond acceptors (Lipinski definition) is 3. The Hall–Kier alpha value is -9.57. The maximum atomic E-state index is 12.8. The molecule has 11 aromatic carbocycles. The van der Waals surface area contributed by atoms with E-state index in [0.29, 0.717) is 17.7 Å². The maximum absolute atomic E-state index is 12.8. The molecule has 0 N–H and O–H groups in total. The Morgan fingerprint density at radius 1 is 0.317 bits per heavy atom. The molecule has 123 heavy (non-hydrogen) atoms. The second kappa shape index (κ2) is 31.8. The molecule has 0 aliphatic heterocycles. The van der Waals surface area contributed by atoms with Crippen molar-refractivity contribution in [1.82, 2.24) is 0 Å². The Bertz CT molecular complexity index is 5740. The van der Waals surface area contributed by atoms with E-state index >= 15 is 0 Å². The normalized spacial score (nSPS) is 26.6. The van der Waals surface area contributed by atoms with E-state index in [2.05, 4.69) is 280 Å². The predicted molar refractivity (Wildman–Crippen MR) is 515 cm³/mol. The lowest BCUT2D eigenvalue weighted by Gasteiger charge is -2.67. The fourth-order valence-electron chi connectivity index (χ4n) is 30.2. The summed E-state index contributed by atoms with van der Waals surface area (Å²) in [6.07, 6.45) is 39.1. The van der Waals surface area contributed by atoms with Crippen molar-refractivity contribution < 1.29 is 14.3 Å². The van der Waals surface area contributed by atoms with Gasteiger partial charge in [-0.2, -0.15) is 0 Å². The number of benzene rings is 11. The van der Waals surface area contributed by atoms with Crippen LogP contribution in [0.5, 0.6) is 5.75 Å². The van der Waals surface area contributed by atoms with Crippen LogP contribution in [-0.4, -0.2) is 12.3 Å². The van der Waals surface area contributed by atoms with Crippen LogP contribution in [0.3, 0.4) is 0 Å². The third kappa shape index (κ3) is 12.5. The summed E-state index contributed by atoms with van der Waals surface area (Å²) in [5.74, 6) is 0.288. The number of aryl methyl sites for hydroxylation is 1. The summed E-state index contributed by atoms with van der Waals surface area (Å²) in [7, 11) is 0. The number of unbranched alkanes of at least 4 members (excludes halogenated alkanes) is 6. The first-order valence-corrected chi connectivity index (χ1v) is 48.8. The summed E-state index contributed by atoms with van der Waals surface area (Å²) in [6, 6.07) is 92.7. The van der Waals surface area contributed by atoms with Crippen molar-refractivity contribution in [3.8, 4) is 117 Å². The molecule has 3 heteroatoms. The van der Waals surface area contributed by atoms with Crippen molar-refractivity contribution in [2.75, 3.05) is 0 Å². The Morgan fingerprint density at radius 3 is 0.894 bits per heavy atom. The smallest absolute Gasteiger partial charge is 0.336 e.